The van der Waals surface area contributed by atoms with Crippen LogP contribution < -0.4 is 24.8 Å². The number of anilines is 3. The first-order chi connectivity index (χ1) is 15.2. The summed E-state index contributed by atoms with van der Waals surface area (Å²) in [6.45, 7) is 9.02. The van der Waals surface area contributed by atoms with Crippen molar-refractivity contribution in [1.29, 1.82) is 0 Å². The van der Waals surface area contributed by atoms with E-state index in [-0.39, 0.29) is 11.9 Å². The monoisotopic (exact) mass is 425 g/mol. The number of carbonyl (C=O) groups is 1. The summed E-state index contributed by atoms with van der Waals surface area (Å²) in [6, 6.07) is 16.2. The Morgan fingerprint density at radius 3 is 2.35 bits per heavy atom. The number of methoxy groups -OCH3 is 1. The second-order valence-electron chi connectivity index (χ2n) is 8.17. The van der Waals surface area contributed by atoms with Gasteiger partial charge in [-0.1, -0.05) is 12.1 Å². The van der Waals surface area contributed by atoms with Gasteiger partial charge in [-0.25, -0.2) is 0 Å². The van der Waals surface area contributed by atoms with Crippen LogP contribution in [0.15, 0.2) is 48.5 Å². The molecule has 166 valence electrons. The fourth-order valence-corrected chi connectivity index (χ4v) is 4.37. The third-order valence-corrected chi connectivity index (χ3v) is 6.35. The minimum atomic E-state index is -0.0984. The average Bonchev–Trinajstić information content (AvgIpc) is 2.84. The molecule has 2 heterocycles. The largest absolute Gasteiger partial charge is 0.495 e. The van der Waals surface area contributed by atoms with E-state index in [4.69, 9.17) is 9.47 Å². The molecule has 7 heteroatoms. The van der Waals surface area contributed by atoms with Crippen molar-refractivity contribution in [2.75, 3.05) is 74.7 Å². The summed E-state index contributed by atoms with van der Waals surface area (Å²) in [7, 11) is 1.71. The molecule has 2 aliphatic rings. The molecular formula is C24H33N4O3+. The summed E-state index contributed by atoms with van der Waals surface area (Å²) in [5.41, 5.74) is 3.15. The van der Waals surface area contributed by atoms with Gasteiger partial charge in [0.05, 0.1) is 52.2 Å². The minimum Gasteiger partial charge on any atom is -0.495 e. The highest BCUT2D eigenvalue weighted by atomic mass is 16.5. The quantitative estimate of drug-likeness (QED) is 0.730. The summed E-state index contributed by atoms with van der Waals surface area (Å²) >= 11 is 0. The number of amides is 1. The van der Waals surface area contributed by atoms with Crippen LogP contribution in [-0.4, -0.2) is 71.5 Å². The lowest BCUT2D eigenvalue weighted by molar-refractivity contribution is -0.914. The number of hydrogen-bond donors (Lipinski definition) is 2. The predicted molar refractivity (Wildman–Crippen MR) is 123 cm³/mol. The molecule has 0 aromatic heterocycles. The van der Waals surface area contributed by atoms with Crippen LogP contribution in [0.3, 0.4) is 0 Å². The molecule has 0 bridgehead atoms. The molecule has 2 saturated heterocycles. The van der Waals surface area contributed by atoms with Gasteiger partial charge >= 0.3 is 0 Å². The second kappa shape index (κ2) is 10.0. The lowest BCUT2D eigenvalue weighted by Gasteiger charge is -2.36. The highest BCUT2D eigenvalue weighted by Gasteiger charge is 2.30. The molecule has 2 aromatic rings. The molecule has 1 atom stereocenters. The highest BCUT2D eigenvalue weighted by molar-refractivity contribution is 5.93. The van der Waals surface area contributed by atoms with Gasteiger partial charge in [-0.15, -0.1) is 0 Å². The van der Waals surface area contributed by atoms with E-state index in [1.165, 1.54) is 10.6 Å². The smallest absolute Gasteiger partial charge is 0.282 e. The Bertz CT molecular complexity index is 859. The minimum absolute atomic E-state index is 0.0693. The van der Waals surface area contributed by atoms with Crippen molar-refractivity contribution >= 4 is 23.0 Å². The van der Waals surface area contributed by atoms with E-state index in [0.29, 0.717) is 0 Å². The van der Waals surface area contributed by atoms with Crippen LogP contribution in [-0.2, 0) is 9.53 Å². The Labute approximate surface area is 184 Å². The molecule has 0 unspecified atom stereocenters. The summed E-state index contributed by atoms with van der Waals surface area (Å²) in [5, 5.41) is 3.09. The summed E-state index contributed by atoms with van der Waals surface area (Å²) in [5.74, 6) is 0.970. The Morgan fingerprint density at radius 1 is 1.00 bits per heavy atom. The number of quaternary nitrogens is 1. The van der Waals surface area contributed by atoms with Crippen LogP contribution in [0.5, 0.6) is 5.75 Å². The first-order valence-corrected chi connectivity index (χ1v) is 11.1. The number of hydrogen-bond acceptors (Lipinski definition) is 5. The van der Waals surface area contributed by atoms with Gasteiger partial charge in [0, 0.05) is 24.5 Å². The molecule has 4 rings (SSSR count). The molecule has 1 amide bonds. The molecule has 0 saturated carbocycles. The predicted octanol–water partition coefficient (Wildman–Crippen LogP) is 1.26. The zero-order valence-corrected chi connectivity index (χ0v) is 18.5. The number of rotatable bonds is 6. The van der Waals surface area contributed by atoms with E-state index in [1.54, 1.807) is 7.11 Å². The van der Waals surface area contributed by atoms with Gasteiger partial charge < -0.3 is 29.5 Å². The van der Waals surface area contributed by atoms with Gasteiger partial charge in [-0.2, -0.15) is 0 Å². The average molecular weight is 426 g/mol. The molecular weight excluding hydrogens is 392 g/mol. The first-order valence-electron chi connectivity index (χ1n) is 11.1. The van der Waals surface area contributed by atoms with E-state index in [1.807, 2.05) is 37.3 Å². The van der Waals surface area contributed by atoms with Crippen molar-refractivity contribution in [3.8, 4) is 5.75 Å². The summed E-state index contributed by atoms with van der Waals surface area (Å²) in [6.07, 6.45) is 0. The second-order valence-corrected chi connectivity index (χ2v) is 8.17. The molecule has 2 N–H and O–H groups in total. The zero-order valence-electron chi connectivity index (χ0n) is 18.5. The molecule has 0 aliphatic carbocycles. The normalized spacial score (nSPS) is 18.5. The molecule has 31 heavy (non-hydrogen) atoms. The fraction of sp³-hybridized carbons (Fsp3) is 0.458. The number of ether oxygens (including phenoxy) is 2. The van der Waals surface area contributed by atoms with Crippen molar-refractivity contribution in [1.82, 2.24) is 0 Å². The van der Waals surface area contributed by atoms with Crippen LogP contribution in [0.25, 0.3) is 0 Å². The van der Waals surface area contributed by atoms with Crippen LogP contribution in [0.4, 0.5) is 17.1 Å². The zero-order chi connectivity index (χ0) is 21.6. The Morgan fingerprint density at radius 2 is 1.68 bits per heavy atom. The maximum atomic E-state index is 12.9. The van der Waals surface area contributed by atoms with Crippen LogP contribution >= 0.6 is 0 Å². The standard InChI is InChI=1S/C24H32N4O3/c1-19(26-11-13-28(14-12-26)22-5-3-4-6-23(22)30-2)24(29)25-20-7-9-21(10-8-20)27-15-17-31-18-16-27/h3-10,19H,11-18H2,1-2H3,(H,25,29)/p+1/t19-/m1/s1. The van der Waals surface area contributed by atoms with Crippen LogP contribution in [0.1, 0.15) is 6.92 Å². The number of para-hydroxylation sites is 2. The van der Waals surface area contributed by atoms with E-state index in [0.717, 1.165) is 69.6 Å². The number of carbonyl (C=O) groups excluding carboxylic acids is 1. The number of nitrogens with one attached hydrogen (secondary N) is 2. The number of nitrogens with zero attached hydrogens (tertiary/aromatic N) is 2. The molecule has 2 aromatic carbocycles. The molecule has 2 fully saturated rings. The van der Waals surface area contributed by atoms with Crippen molar-refractivity contribution in [2.24, 2.45) is 0 Å². The highest BCUT2D eigenvalue weighted by Crippen LogP contribution is 2.27. The van der Waals surface area contributed by atoms with Gasteiger partial charge in [0.25, 0.3) is 5.91 Å². The molecule has 7 nitrogen and oxygen atoms in total. The number of morpholine rings is 1. The van der Waals surface area contributed by atoms with Crippen LogP contribution in [0, 0.1) is 0 Å². The lowest BCUT2D eigenvalue weighted by atomic mass is 10.1. The third-order valence-electron chi connectivity index (χ3n) is 6.35. The van der Waals surface area contributed by atoms with Crippen molar-refractivity contribution in [3.05, 3.63) is 48.5 Å². The van der Waals surface area contributed by atoms with E-state index >= 15 is 0 Å². The third kappa shape index (κ3) is 5.11. The van der Waals surface area contributed by atoms with Crippen molar-refractivity contribution < 1.29 is 19.2 Å². The van der Waals surface area contributed by atoms with Crippen LogP contribution in [0.2, 0.25) is 0 Å². The van der Waals surface area contributed by atoms with E-state index < -0.39 is 0 Å². The van der Waals surface area contributed by atoms with Gasteiger partial charge in [0.1, 0.15) is 5.75 Å². The molecule has 0 radical (unpaired) electrons. The Hall–Kier alpha value is -2.77. The summed E-state index contributed by atoms with van der Waals surface area (Å²) < 4.78 is 10.9. The van der Waals surface area contributed by atoms with Crippen molar-refractivity contribution in [2.45, 2.75) is 13.0 Å². The van der Waals surface area contributed by atoms with Gasteiger partial charge in [-0.3, -0.25) is 4.79 Å². The fourth-order valence-electron chi connectivity index (χ4n) is 4.37. The topological polar surface area (TPSA) is 58.5 Å². The Kier molecular flexibility index (Phi) is 6.94. The van der Waals surface area contributed by atoms with Crippen molar-refractivity contribution in [3.63, 3.8) is 0 Å². The number of benzene rings is 2. The van der Waals surface area contributed by atoms with E-state index in [9.17, 15) is 4.79 Å². The number of piperazine rings is 1. The van der Waals surface area contributed by atoms with E-state index in [2.05, 4.69) is 33.3 Å². The SMILES string of the molecule is COc1ccccc1N1CC[NH+]([C@H](C)C(=O)Nc2ccc(N3CCOCC3)cc2)CC1. The van der Waals surface area contributed by atoms with Gasteiger partial charge in [0.15, 0.2) is 6.04 Å². The maximum Gasteiger partial charge on any atom is 0.282 e. The van der Waals surface area contributed by atoms with Gasteiger partial charge in [-0.05, 0) is 43.3 Å². The first kappa shape index (κ1) is 21.5. The van der Waals surface area contributed by atoms with Gasteiger partial charge in [0.2, 0.25) is 0 Å². The maximum absolute atomic E-state index is 12.9. The lowest BCUT2D eigenvalue weighted by Crippen LogP contribution is -3.19. The Balaban J connectivity index is 1.29. The molecule has 0 spiro atoms. The molecule has 2 aliphatic heterocycles. The summed E-state index contributed by atoms with van der Waals surface area (Å²) in [4.78, 5) is 18.8.